The number of carbonyl (C=O) groups excluding carboxylic acids is 1. The van der Waals surface area contributed by atoms with E-state index in [1.807, 2.05) is 12.3 Å². The summed E-state index contributed by atoms with van der Waals surface area (Å²) in [5, 5.41) is 0.695. The molecule has 1 aromatic heterocycles. The molecule has 24 heavy (non-hydrogen) atoms. The van der Waals surface area contributed by atoms with Crippen molar-refractivity contribution in [2.75, 3.05) is 26.2 Å². The van der Waals surface area contributed by atoms with E-state index in [-0.39, 0.29) is 5.41 Å². The Bertz CT molecular complexity index is 618. The molecule has 5 heteroatoms. The van der Waals surface area contributed by atoms with Gasteiger partial charge in [-0.25, -0.2) is 0 Å². The Hall–Kier alpha value is -1.13. The first-order valence-corrected chi connectivity index (χ1v) is 9.64. The van der Waals surface area contributed by atoms with Gasteiger partial charge in [-0.1, -0.05) is 11.6 Å². The summed E-state index contributed by atoms with van der Waals surface area (Å²) in [7, 11) is 0. The Labute approximate surface area is 149 Å². The highest BCUT2D eigenvalue weighted by Crippen LogP contribution is 2.43. The second-order valence-corrected chi connectivity index (χ2v) is 8.30. The van der Waals surface area contributed by atoms with Gasteiger partial charge in [-0.15, -0.1) is 0 Å². The lowest BCUT2D eigenvalue weighted by atomic mass is 9.79. The fourth-order valence-electron chi connectivity index (χ4n) is 4.35. The molecule has 4 rings (SSSR count). The van der Waals surface area contributed by atoms with Crippen LogP contribution in [-0.2, 0) is 11.3 Å². The first kappa shape index (κ1) is 16.3. The van der Waals surface area contributed by atoms with E-state index in [2.05, 4.69) is 14.8 Å². The number of hydrogen-bond donors (Lipinski definition) is 0. The van der Waals surface area contributed by atoms with Crippen LogP contribution in [0.5, 0.6) is 0 Å². The Morgan fingerprint density at radius 3 is 2.79 bits per heavy atom. The third kappa shape index (κ3) is 3.45. The number of amides is 1. The molecule has 1 aliphatic carbocycles. The highest BCUT2D eigenvalue weighted by atomic mass is 35.5. The van der Waals surface area contributed by atoms with Gasteiger partial charge in [0.2, 0.25) is 5.91 Å². The summed E-state index contributed by atoms with van der Waals surface area (Å²) in [5.74, 6) is 1.24. The fourth-order valence-corrected chi connectivity index (χ4v) is 4.55. The van der Waals surface area contributed by atoms with Crippen LogP contribution in [0.1, 0.15) is 44.1 Å². The predicted molar refractivity (Wildman–Crippen MR) is 94.7 cm³/mol. The molecule has 3 fully saturated rings. The van der Waals surface area contributed by atoms with Crippen molar-refractivity contribution in [1.82, 2.24) is 14.8 Å². The third-order valence-corrected chi connectivity index (χ3v) is 6.19. The summed E-state index contributed by atoms with van der Waals surface area (Å²) in [4.78, 5) is 21.8. The van der Waals surface area contributed by atoms with E-state index in [9.17, 15) is 4.79 Å². The van der Waals surface area contributed by atoms with Gasteiger partial charge in [0.1, 0.15) is 0 Å². The second kappa shape index (κ2) is 6.64. The van der Waals surface area contributed by atoms with Gasteiger partial charge in [-0.05, 0) is 69.2 Å². The maximum atomic E-state index is 13.0. The zero-order valence-electron chi connectivity index (χ0n) is 14.2. The second-order valence-electron chi connectivity index (χ2n) is 7.87. The molecule has 3 aliphatic rings. The van der Waals surface area contributed by atoms with Crippen molar-refractivity contribution in [3.63, 3.8) is 0 Å². The van der Waals surface area contributed by atoms with Crippen LogP contribution in [0.15, 0.2) is 18.5 Å². The molecule has 1 atom stereocenters. The lowest BCUT2D eigenvalue weighted by Gasteiger charge is -2.27. The summed E-state index contributed by atoms with van der Waals surface area (Å²) in [6.07, 6.45) is 10.4. The number of aromatic nitrogens is 1. The summed E-state index contributed by atoms with van der Waals surface area (Å²) >= 11 is 6.04. The topological polar surface area (TPSA) is 36.4 Å². The van der Waals surface area contributed by atoms with E-state index in [4.69, 9.17) is 11.6 Å². The number of carbonyl (C=O) groups is 1. The molecule has 0 N–H and O–H groups in total. The maximum absolute atomic E-state index is 13.0. The minimum Gasteiger partial charge on any atom is -0.342 e. The van der Waals surface area contributed by atoms with Crippen molar-refractivity contribution < 1.29 is 4.79 Å². The van der Waals surface area contributed by atoms with Gasteiger partial charge in [0.15, 0.2) is 0 Å². The van der Waals surface area contributed by atoms with E-state index in [1.54, 1.807) is 6.20 Å². The monoisotopic (exact) mass is 347 g/mol. The lowest BCUT2D eigenvalue weighted by Crippen LogP contribution is -2.36. The summed E-state index contributed by atoms with van der Waals surface area (Å²) in [6, 6.07) is 1.99. The van der Waals surface area contributed by atoms with E-state index in [0.29, 0.717) is 10.9 Å². The van der Waals surface area contributed by atoms with Crippen molar-refractivity contribution in [3.8, 4) is 0 Å². The Kier molecular flexibility index (Phi) is 4.52. The minimum atomic E-state index is -0.0732. The van der Waals surface area contributed by atoms with Gasteiger partial charge in [0, 0.05) is 32.0 Å². The highest BCUT2D eigenvalue weighted by Gasteiger charge is 2.47. The van der Waals surface area contributed by atoms with Crippen LogP contribution in [0.4, 0.5) is 0 Å². The zero-order valence-corrected chi connectivity index (χ0v) is 15.0. The first-order chi connectivity index (χ1) is 11.6. The van der Waals surface area contributed by atoms with E-state index >= 15 is 0 Å². The molecule has 130 valence electrons. The summed E-state index contributed by atoms with van der Waals surface area (Å²) in [6.45, 7) is 4.93. The molecule has 2 aliphatic heterocycles. The van der Waals surface area contributed by atoms with Crippen LogP contribution in [0.25, 0.3) is 0 Å². The normalized spacial score (nSPS) is 28.5. The molecule has 0 radical (unpaired) electrons. The molecule has 1 saturated carbocycles. The van der Waals surface area contributed by atoms with Gasteiger partial charge in [-0.3, -0.25) is 14.7 Å². The molecule has 1 aromatic rings. The van der Waals surface area contributed by atoms with Crippen molar-refractivity contribution >= 4 is 17.5 Å². The number of halogens is 1. The largest absolute Gasteiger partial charge is 0.342 e. The van der Waals surface area contributed by atoms with Crippen molar-refractivity contribution in [2.24, 2.45) is 11.3 Å². The quantitative estimate of drug-likeness (QED) is 0.838. The fraction of sp³-hybridized carbons (Fsp3) is 0.684. The molecule has 0 bridgehead atoms. The molecule has 2 saturated heterocycles. The molecular weight excluding hydrogens is 322 g/mol. The van der Waals surface area contributed by atoms with Gasteiger partial charge >= 0.3 is 0 Å². The van der Waals surface area contributed by atoms with Crippen molar-refractivity contribution in [2.45, 2.75) is 45.1 Å². The van der Waals surface area contributed by atoms with Crippen LogP contribution in [0.2, 0.25) is 5.02 Å². The Morgan fingerprint density at radius 2 is 2.00 bits per heavy atom. The van der Waals surface area contributed by atoms with Crippen molar-refractivity contribution in [3.05, 3.63) is 29.0 Å². The van der Waals surface area contributed by atoms with Crippen LogP contribution in [0.3, 0.4) is 0 Å². The van der Waals surface area contributed by atoms with Crippen LogP contribution in [0, 0.1) is 11.3 Å². The molecule has 1 spiro atoms. The molecule has 4 nitrogen and oxygen atoms in total. The molecule has 0 aromatic carbocycles. The first-order valence-electron chi connectivity index (χ1n) is 9.26. The van der Waals surface area contributed by atoms with Crippen LogP contribution >= 0.6 is 11.6 Å². The van der Waals surface area contributed by atoms with Gasteiger partial charge in [0.25, 0.3) is 0 Å². The Morgan fingerprint density at radius 1 is 1.17 bits per heavy atom. The van der Waals surface area contributed by atoms with E-state index < -0.39 is 0 Å². The zero-order chi connectivity index (χ0) is 16.6. The molecule has 3 heterocycles. The highest BCUT2D eigenvalue weighted by molar-refractivity contribution is 6.30. The maximum Gasteiger partial charge on any atom is 0.228 e. The number of hydrogen-bond acceptors (Lipinski definition) is 3. The standard InChI is InChI=1S/C19H26ClN3O/c20-17-10-16(11-21-12-17)13-22-7-1-4-19(5-8-22)6-9-23(18(19)24)14-15-2-3-15/h10-12,15H,1-9,13-14H2/t19-/m1/s1. The molecule has 1 amide bonds. The lowest BCUT2D eigenvalue weighted by molar-refractivity contribution is -0.136. The Balaban J connectivity index is 1.38. The van der Waals surface area contributed by atoms with Gasteiger partial charge in [-0.2, -0.15) is 0 Å². The van der Waals surface area contributed by atoms with Crippen molar-refractivity contribution in [1.29, 1.82) is 0 Å². The smallest absolute Gasteiger partial charge is 0.228 e. The van der Waals surface area contributed by atoms with Crippen LogP contribution in [-0.4, -0.2) is 46.9 Å². The van der Waals surface area contributed by atoms with Gasteiger partial charge < -0.3 is 4.90 Å². The minimum absolute atomic E-state index is 0.0732. The van der Waals surface area contributed by atoms with E-state index in [1.165, 1.54) is 12.8 Å². The van der Waals surface area contributed by atoms with Gasteiger partial charge in [0.05, 0.1) is 10.4 Å². The molecule has 0 unspecified atom stereocenters. The van der Waals surface area contributed by atoms with Crippen LogP contribution < -0.4 is 0 Å². The predicted octanol–water partition coefficient (Wildman–Crippen LogP) is 3.35. The summed E-state index contributed by atoms with van der Waals surface area (Å²) in [5.41, 5.74) is 1.09. The number of rotatable bonds is 4. The average Bonchev–Trinajstić information content (AvgIpc) is 3.35. The third-order valence-electron chi connectivity index (χ3n) is 5.98. The summed E-state index contributed by atoms with van der Waals surface area (Å²) < 4.78 is 0. The average molecular weight is 348 g/mol. The number of likely N-dealkylation sites (tertiary alicyclic amines) is 2. The molecular formula is C19H26ClN3O. The number of pyridine rings is 1. The van der Waals surface area contributed by atoms with E-state index in [0.717, 1.165) is 69.9 Å². The number of nitrogens with zero attached hydrogens (tertiary/aromatic N) is 3. The SMILES string of the molecule is O=C1N(CC2CC2)CC[C@]12CCCN(Cc1cncc(Cl)c1)CC2.